The molecule has 1 aromatic rings. The van der Waals surface area contributed by atoms with Crippen molar-refractivity contribution >= 4 is 21.8 Å². The van der Waals surface area contributed by atoms with Gasteiger partial charge in [0.15, 0.2) is 5.82 Å². The van der Waals surface area contributed by atoms with Gasteiger partial charge in [-0.1, -0.05) is 6.42 Å². The maximum Gasteiger partial charge on any atom is 0.326 e. The smallest absolute Gasteiger partial charge is 0.326 e. The maximum atomic E-state index is 15.3. The molecule has 1 heterocycles. The van der Waals surface area contributed by atoms with Crippen molar-refractivity contribution in [3.8, 4) is 5.75 Å². The average Bonchev–Trinajstić information content (AvgIpc) is 2.92. The van der Waals surface area contributed by atoms with Gasteiger partial charge in [-0.15, -0.1) is 0 Å². The largest absolute Gasteiger partial charge is 0.506 e. The van der Waals surface area contributed by atoms with Crippen molar-refractivity contribution in [2.24, 2.45) is 11.1 Å². The lowest BCUT2D eigenvalue weighted by atomic mass is 9.64. The van der Waals surface area contributed by atoms with Crippen LogP contribution in [0.2, 0.25) is 0 Å². The molecule has 2 aliphatic carbocycles. The summed E-state index contributed by atoms with van der Waals surface area (Å²) in [6.45, 7) is 0.993. The normalized spacial score (nSPS) is 24.3. The van der Waals surface area contributed by atoms with Crippen molar-refractivity contribution in [3.05, 3.63) is 23.0 Å². The predicted molar refractivity (Wildman–Crippen MR) is 111 cm³/mol. The van der Waals surface area contributed by atoms with Crippen molar-refractivity contribution in [3.63, 3.8) is 0 Å². The number of hydrogen-bond donors (Lipinski definition) is 4. The summed E-state index contributed by atoms with van der Waals surface area (Å²) >= 11 is 0. The molecular weight excluding hydrogens is 411 g/mol. The number of nitrogens with zero attached hydrogens (tertiary/aromatic N) is 1. The van der Waals surface area contributed by atoms with Crippen LogP contribution >= 0.6 is 0 Å². The van der Waals surface area contributed by atoms with E-state index in [0.717, 1.165) is 25.8 Å². The highest BCUT2D eigenvalue weighted by atomic mass is 32.2. The van der Waals surface area contributed by atoms with E-state index in [9.17, 15) is 18.3 Å². The molecule has 0 radical (unpaired) electrons. The van der Waals surface area contributed by atoms with Crippen LogP contribution in [0.3, 0.4) is 0 Å². The van der Waals surface area contributed by atoms with Crippen molar-refractivity contribution in [2.45, 2.75) is 57.4 Å². The molecule has 1 saturated heterocycles. The number of phenolic OH excluding ortho intramolecular Hbond substituents is 1. The van der Waals surface area contributed by atoms with E-state index in [1.165, 1.54) is 25.3 Å². The van der Waals surface area contributed by atoms with Crippen LogP contribution in [0.25, 0.3) is 0 Å². The number of carbonyl (C=O) groups excluding carboxylic acids is 1. The van der Waals surface area contributed by atoms with E-state index in [0.29, 0.717) is 40.2 Å². The number of nitrogens with two attached hydrogens (primary N) is 1. The van der Waals surface area contributed by atoms with Gasteiger partial charge in [-0.2, -0.15) is 8.42 Å². The van der Waals surface area contributed by atoms with Crippen LogP contribution in [0.1, 0.15) is 49.7 Å². The number of hydrogen-bond acceptors (Lipinski definition) is 6. The van der Waals surface area contributed by atoms with Crippen molar-refractivity contribution < 1.29 is 22.7 Å². The van der Waals surface area contributed by atoms with Crippen LogP contribution in [0.4, 0.5) is 10.1 Å². The Morgan fingerprint density at radius 1 is 1.37 bits per heavy atom. The van der Waals surface area contributed by atoms with Gasteiger partial charge < -0.3 is 16.2 Å². The molecule has 0 bridgehead atoms. The van der Waals surface area contributed by atoms with Gasteiger partial charge in [0.2, 0.25) is 0 Å². The SMILES string of the molecule is NCCC1(CCN[C@@H]2CCc3cc(O)c(N4CC(=O)NS4(=O)=O)c(F)c3C2)CCC1. The van der Waals surface area contributed by atoms with E-state index < -0.39 is 39.9 Å². The van der Waals surface area contributed by atoms with Crippen LogP contribution < -0.4 is 20.1 Å². The third kappa shape index (κ3) is 3.88. The van der Waals surface area contributed by atoms with Gasteiger partial charge in [0.25, 0.3) is 5.91 Å². The fraction of sp³-hybridized carbons (Fsp3) is 0.650. The highest BCUT2D eigenvalue weighted by Crippen LogP contribution is 2.46. The molecule has 30 heavy (non-hydrogen) atoms. The first-order valence-electron chi connectivity index (χ1n) is 10.5. The number of benzene rings is 1. The van der Waals surface area contributed by atoms with Gasteiger partial charge in [-0.25, -0.2) is 13.4 Å². The number of halogens is 1. The number of aromatic hydroxyl groups is 1. The lowest BCUT2D eigenvalue weighted by Crippen LogP contribution is -2.40. The van der Waals surface area contributed by atoms with Crippen molar-refractivity contribution in [1.82, 2.24) is 10.0 Å². The molecule has 0 aromatic heterocycles. The Bertz CT molecular complexity index is 949. The average molecular weight is 441 g/mol. The fourth-order valence-electron chi connectivity index (χ4n) is 5.05. The minimum absolute atomic E-state index is 0.0781. The lowest BCUT2D eigenvalue weighted by molar-refractivity contribution is -0.117. The van der Waals surface area contributed by atoms with Gasteiger partial charge in [0.05, 0.1) is 0 Å². The summed E-state index contributed by atoms with van der Waals surface area (Å²) in [7, 11) is -4.20. The summed E-state index contributed by atoms with van der Waals surface area (Å²) in [5.41, 5.74) is 6.74. The monoisotopic (exact) mass is 440 g/mol. The first kappa shape index (κ1) is 21.3. The number of nitrogens with one attached hydrogen (secondary N) is 2. The third-order valence-corrected chi connectivity index (χ3v) is 8.25. The zero-order valence-corrected chi connectivity index (χ0v) is 17.7. The molecule has 2 fully saturated rings. The number of phenols is 1. The Labute approximate surface area is 176 Å². The molecule has 3 aliphatic rings. The molecule has 0 spiro atoms. The van der Waals surface area contributed by atoms with Gasteiger partial charge in [0, 0.05) is 6.04 Å². The number of carbonyl (C=O) groups is 1. The van der Waals surface area contributed by atoms with Gasteiger partial charge in [-0.3, -0.25) is 4.79 Å². The zero-order valence-electron chi connectivity index (χ0n) is 16.9. The second-order valence-electron chi connectivity index (χ2n) is 8.77. The molecule has 4 rings (SSSR count). The van der Waals surface area contributed by atoms with E-state index in [1.54, 1.807) is 0 Å². The first-order chi connectivity index (χ1) is 14.2. The molecule has 10 heteroatoms. The number of anilines is 1. The third-order valence-electron chi connectivity index (χ3n) is 6.87. The summed E-state index contributed by atoms with van der Waals surface area (Å²) in [5.74, 6) is -1.99. The summed E-state index contributed by atoms with van der Waals surface area (Å²) < 4.78 is 42.0. The topological polar surface area (TPSA) is 125 Å². The number of fused-ring (bicyclic) bond motifs is 1. The number of amides is 1. The van der Waals surface area contributed by atoms with Crippen LogP contribution in [-0.2, 0) is 27.8 Å². The van der Waals surface area contributed by atoms with Crippen molar-refractivity contribution in [2.75, 3.05) is 23.9 Å². The predicted octanol–water partition coefficient (Wildman–Crippen LogP) is 1.07. The minimum atomic E-state index is -4.20. The van der Waals surface area contributed by atoms with Crippen LogP contribution in [0.5, 0.6) is 5.75 Å². The maximum absolute atomic E-state index is 15.3. The standard InChI is InChI=1S/C20H29FN4O4S/c21-18-15-11-14(23-9-7-20(6-8-22)4-1-5-20)3-2-13(15)10-16(26)19(18)25-12-17(27)24-30(25,28)29/h10,14,23,26H,1-9,11-12,22H2,(H,24,27)/t14-/m1/s1. The molecule has 8 nitrogen and oxygen atoms in total. The number of aryl methyl sites for hydroxylation is 1. The van der Waals surface area contributed by atoms with E-state index in [-0.39, 0.29) is 6.04 Å². The fourth-order valence-corrected chi connectivity index (χ4v) is 6.21. The van der Waals surface area contributed by atoms with Gasteiger partial charge >= 0.3 is 10.2 Å². The summed E-state index contributed by atoms with van der Waals surface area (Å²) in [6, 6.07) is 1.50. The molecule has 0 unspecified atom stereocenters. The molecule has 1 aromatic carbocycles. The lowest BCUT2D eigenvalue weighted by Gasteiger charge is -2.42. The Balaban J connectivity index is 1.48. The Morgan fingerprint density at radius 3 is 2.73 bits per heavy atom. The molecule has 1 atom stereocenters. The minimum Gasteiger partial charge on any atom is -0.506 e. The molecule has 1 aliphatic heterocycles. The van der Waals surface area contributed by atoms with Gasteiger partial charge in [0.1, 0.15) is 18.0 Å². The highest BCUT2D eigenvalue weighted by molar-refractivity contribution is 7.92. The van der Waals surface area contributed by atoms with Crippen LogP contribution in [-0.4, -0.2) is 45.1 Å². The van der Waals surface area contributed by atoms with Crippen LogP contribution in [0.15, 0.2) is 6.07 Å². The van der Waals surface area contributed by atoms with Crippen LogP contribution in [0, 0.1) is 11.2 Å². The summed E-state index contributed by atoms with van der Waals surface area (Å²) in [5, 5.41) is 13.8. The molecule has 1 saturated carbocycles. The Kier molecular flexibility index (Phi) is 5.67. The summed E-state index contributed by atoms with van der Waals surface area (Å²) in [6.07, 6.45) is 7.60. The molecule has 1 amide bonds. The van der Waals surface area contributed by atoms with Crippen molar-refractivity contribution in [1.29, 1.82) is 0 Å². The second-order valence-corrected chi connectivity index (χ2v) is 10.4. The quantitative estimate of drug-likeness (QED) is 0.503. The summed E-state index contributed by atoms with van der Waals surface area (Å²) in [4.78, 5) is 11.5. The first-order valence-corrected chi connectivity index (χ1v) is 12.0. The van der Waals surface area contributed by atoms with E-state index >= 15 is 4.39 Å². The zero-order chi connectivity index (χ0) is 21.5. The molecular formula is C20H29FN4O4S. The molecule has 5 N–H and O–H groups in total. The van der Waals surface area contributed by atoms with E-state index in [2.05, 4.69) is 5.32 Å². The Hall–Kier alpha value is -1.91. The Morgan fingerprint density at radius 2 is 2.13 bits per heavy atom. The second kappa shape index (κ2) is 7.97. The van der Waals surface area contributed by atoms with E-state index in [1.807, 2.05) is 4.72 Å². The van der Waals surface area contributed by atoms with E-state index in [4.69, 9.17) is 5.73 Å². The number of rotatable bonds is 7. The molecule has 166 valence electrons. The van der Waals surface area contributed by atoms with Gasteiger partial charge in [-0.05, 0) is 80.6 Å². The highest BCUT2D eigenvalue weighted by Gasteiger charge is 2.39.